The molecule has 1 aromatic heterocycles. The maximum atomic E-state index is 12.0. The van der Waals surface area contributed by atoms with Gasteiger partial charge in [0, 0.05) is 13.0 Å². The summed E-state index contributed by atoms with van der Waals surface area (Å²) in [6, 6.07) is 0. The lowest BCUT2D eigenvalue weighted by Gasteiger charge is -1.97. The van der Waals surface area contributed by atoms with Crippen LogP contribution in [0.25, 0.3) is 0 Å². The van der Waals surface area contributed by atoms with Crippen molar-refractivity contribution in [2.24, 2.45) is 0 Å². The highest BCUT2D eigenvalue weighted by atomic mass is 19.4. The zero-order chi connectivity index (χ0) is 10.1. The fraction of sp³-hybridized carbons (Fsp3) is 0.571. The highest BCUT2D eigenvalue weighted by Gasteiger charge is 2.37. The van der Waals surface area contributed by atoms with Gasteiger partial charge in [-0.15, -0.1) is 0 Å². The monoisotopic (exact) mass is 195 g/mol. The first-order chi connectivity index (χ1) is 5.95. The minimum absolute atomic E-state index is 0.0748. The van der Waals surface area contributed by atoms with E-state index in [0.717, 1.165) is 0 Å². The molecule has 0 unspecified atom stereocenters. The summed E-state index contributed by atoms with van der Waals surface area (Å²) < 4.78 is 40.4. The van der Waals surface area contributed by atoms with Crippen molar-refractivity contribution in [3.8, 4) is 0 Å². The fourth-order valence-electron chi connectivity index (χ4n) is 0.887. The van der Waals surface area contributed by atoms with Crippen LogP contribution in [0.1, 0.15) is 17.3 Å². The minimum Gasteiger partial charge on any atom is -0.438 e. The summed E-state index contributed by atoms with van der Waals surface area (Å²) in [5.74, 6) is -1.16. The quantitative estimate of drug-likeness (QED) is 0.778. The third kappa shape index (κ3) is 2.21. The molecule has 1 heterocycles. The third-order valence-electron chi connectivity index (χ3n) is 1.48. The molecule has 0 aliphatic rings. The molecule has 0 atom stereocenters. The summed E-state index contributed by atoms with van der Waals surface area (Å²) in [6.07, 6.45) is -4.48. The van der Waals surface area contributed by atoms with Crippen LogP contribution in [-0.4, -0.2) is 16.7 Å². The number of rotatable bonds is 2. The Morgan fingerprint density at radius 3 is 2.46 bits per heavy atom. The molecule has 6 heteroatoms. The molecule has 3 nitrogen and oxygen atoms in total. The van der Waals surface area contributed by atoms with E-state index in [4.69, 9.17) is 5.11 Å². The molecule has 0 saturated heterocycles. The highest BCUT2D eigenvalue weighted by molar-refractivity contribution is 5.09. The molecule has 0 fully saturated rings. The molecular weight excluding hydrogens is 187 g/mol. The average molecular weight is 195 g/mol. The smallest absolute Gasteiger partial charge is 0.438 e. The van der Waals surface area contributed by atoms with Crippen LogP contribution in [0, 0.1) is 6.92 Å². The first-order valence-electron chi connectivity index (χ1n) is 3.59. The Morgan fingerprint density at radius 1 is 1.46 bits per heavy atom. The Hall–Kier alpha value is -1.04. The Labute approximate surface area is 72.2 Å². The van der Waals surface area contributed by atoms with Crippen LogP contribution in [0.4, 0.5) is 13.2 Å². The van der Waals surface area contributed by atoms with Gasteiger partial charge < -0.3 is 9.52 Å². The standard InChI is InChI=1S/C7H8F3NO2/c1-4-5(2-3-12)11-6(13-4)7(8,9)10/h12H,2-3H2,1H3. The van der Waals surface area contributed by atoms with Crippen molar-refractivity contribution in [2.75, 3.05) is 6.61 Å². The molecule has 13 heavy (non-hydrogen) atoms. The zero-order valence-corrected chi connectivity index (χ0v) is 6.85. The first-order valence-corrected chi connectivity index (χ1v) is 3.59. The van der Waals surface area contributed by atoms with E-state index in [0.29, 0.717) is 0 Å². The van der Waals surface area contributed by atoms with E-state index in [-0.39, 0.29) is 24.5 Å². The number of nitrogens with zero attached hydrogens (tertiary/aromatic N) is 1. The molecule has 1 N–H and O–H groups in total. The van der Waals surface area contributed by atoms with E-state index in [1.54, 1.807) is 0 Å². The van der Waals surface area contributed by atoms with Crippen molar-refractivity contribution in [1.82, 2.24) is 4.98 Å². The summed E-state index contributed by atoms with van der Waals surface area (Å²) in [6.45, 7) is 1.14. The van der Waals surface area contributed by atoms with Gasteiger partial charge in [-0.3, -0.25) is 0 Å². The first kappa shape index (κ1) is 10.0. The van der Waals surface area contributed by atoms with Crippen molar-refractivity contribution >= 4 is 0 Å². The molecular formula is C7H8F3NO2. The second kappa shape index (κ2) is 3.37. The number of hydrogen-bond donors (Lipinski definition) is 1. The number of aryl methyl sites for hydroxylation is 1. The summed E-state index contributed by atoms with van der Waals surface area (Å²) >= 11 is 0. The van der Waals surface area contributed by atoms with Crippen LogP contribution in [0.15, 0.2) is 4.42 Å². The van der Waals surface area contributed by atoms with Gasteiger partial charge >= 0.3 is 12.1 Å². The maximum absolute atomic E-state index is 12.0. The van der Waals surface area contributed by atoms with Crippen molar-refractivity contribution in [3.63, 3.8) is 0 Å². The van der Waals surface area contributed by atoms with Crippen molar-refractivity contribution in [3.05, 3.63) is 17.3 Å². The number of hydrogen-bond acceptors (Lipinski definition) is 3. The van der Waals surface area contributed by atoms with Crippen LogP contribution in [0.5, 0.6) is 0 Å². The van der Waals surface area contributed by atoms with E-state index in [1.165, 1.54) is 6.92 Å². The van der Waals surface area contributed by atoms with Crippen LogP contribution in [0.2, 0.25) is 0 Å². The predicted octanol–water partition coefficient (Wildman–Crippen LogP) is 1.54. The molecule has 1 aromatic rings. The molecule has 1 rings (SSSR count). The number of halogens is 3. The third-order valence-corrected chi connectivity index (χ3v) is 1.48. The lowest BCUT2D eigenvalue weighted by atomic mass is 10.3. The topological polar surface area (TPSA) is 46.3 Å². The van der Waals surface area contributed by atoms with Gasteiger partial charge in [-0.05, 0) is 6.92 Å². The van der Waals surface area contributed by atoms with E-state index >= 15 is 0 Å². The number of aromatic nitrogens is 1. The van der Waals surface area contributed by atoms with Crippen molar-refractivity contribution in [1.29, 1.82) is 0 Å². The average Bonchev–Trinajstić information content (AvgIpc) is 2.32. The number of alkyl halides is 3. The van der Waals surface area contributed by atoms with Gasteiger partial charge in [0.2, 0.25) is 0 Å². The van der Waals surface area contributed by atoms with Crippen LogP contribution in [-0.2, 0) is 12.6 Å². The molecule has 0 amide bonds. The van der Waals surface area contributed by atoms with Crippen LogP contribution < -0.4 is 0 Å². The Bertz CT molecular complexity index is 292. The van der Waals surface area contributed by atoms with Crippen LogP contribution >= 0.6 is 0 Å². The predicted molar refractivity (Wildman–Crippen MR) is 37.0 cm³/mol. The van der Waals surface area contributed by atoms with Crippen LogP contribution in [0.3, 0.4) is 0 Å². The highest BCUT2D eigenvalue weighted by Crippen LogP contribution is 2.29. The number of oxazole rings is 1. The molecule has 0 aromatic carbocycles. The molecule has 0 saturated carbocycles. The summed E-state index contributed by atoms with van der Waals surface area (Å²) in [7, 11) is 0. The molecule has 0 spiro atoms. The van der Waals surface area contributed by atoms with E-state index in [2.05, 4.69) is 9.40 Å². The van der Waals surface area contributed by atoms with Gasteiger partial charge in [-0.2, -0.15) is 13.2 Å². The van der Waals surface area contributed by atoms with E-state index in [9.17, 15) is 13.2 Å². The summed E-state index contributed by atoms with van der Waals surface area (Å²) in [5, 5.41) is 8.49. The van der Waals surface area contributed by atoms with Gasteiger partial charge in [-0.25, -0.2) is 4.98 Å². The number of aliphatic hydroxyl groups excluding tert-OH is 1. The minimum atomic E-state index is -4.56. The van der Waals surface area contributed by atoms with Crippen molar-refractivity contribution in [2.45, 2.75) is 19.5 Å². The fourth-order valence-corrected chi connectivity index (χ4v) is 0.887. The SMILES string of the molecule is Cc1oc(C(F)(F)F)nc1CCO. The Balaban J connectivity index is 2.95. The molecule has 0 aliphatic heterocycles. The second-order valence-electron chi connectivity index (χ2n) is 2.49. The summed E-state index contributed by atoms with van der Waals surface area (Å²) in [4.78, 5) is 3.22. The molecule has 0 radical (unpaired) electrons. The Morgan fingerprint density at radius 2 is 2.08 bits per heavy atom. The molecule has 0 bridgehead atoms. The molecule has 0 aliphatic carbocycles. The normalized spacial score (nSPS) is 12.1. The number of aliphatic hydroxyl groups is 1. The maximum Gasteiger partial charge on any atom is 0.468 e. The lowest BCUT2D eigenvalue weighted by molar-refractivity contribution is -0.157. The second-order valence-corrected chi connectivity index (χ2v) is 2.49. The van der Waals surface area contributed by atoms with E-state index in [1.807, 2.05) is 0 Å². The Kier molecular flexibility index (Phi) is 2.60. The van der Waals surface area contributed by atoms with Gasteiger partial charge in [0.1, 0.15) is 5.76 Å². The largest absolute Gasteiger partial charge is 0.468 e. The van der Waals surface area contributed by atoms with Gasteiger partial charge in [0.25, 0.3) is 0 Å². The van der Waals surface area contributed by atoms with E-state index < -0.39 is 12.1 Å². The lowest BCUT2D eigenvalue weighted by Crippen LogP contribution is -2.05. The van der Waals surface area contributed by atoms with Gasteiger partial charge in [0.15, 0.2) is 0 Å². The van der Waals surface area contributed by atoms with Gasteiger partial charge in [-0.1, -0.05) is 0 Å². The van der Waals surface area contributed by atoms with Gasteiger partial charge in [0.05, 0.1) is 5.69 Å². The summed E-state index contributed by atoms with van der Waals surface area (Å²) in [5.41, 5.74) is 0.148. The molecule has 74 valence electrons. The van der Waals surface area contributed by atoms with Crippen molar-refractivity contribution < 1.29 is 22.7 Å². The zero-order valence-electron chi connectivity index (χ0n) is 6.85.